The van der Waals surface area contributed by atoms with Crippen molar-refractivity contribution >= 4 is 5.97 Å². The second kappa shape index (κ2) is 7.71. The summed E-state index contributed by atoms with van der Waals surface area (Å²) in [5.41, 5.74) is 0. The highest BCUT2D eigenvalue weighted by atomic mass is 16.5. The van der Waals surface area contributed by atoms with Crippen LogP contribution in [0.5, 0.6) is 0 Å². The average Bonchev–Trinajstić information content (AvgIpc) is 2.32. The zero-order chi connectivity index (χ0) is 13.5. The smallest absolute Gasteiger partial charge is 0.323 e. The van der Waals surface area contributed by atoms with Crippen LogP contribution in [-0.2, 0) is 9.53 Å². The number of piperazine rings is 1. The molecule has 0 bridgehead atoms. The van der Waals surface area contributed by atoms with E-state index in [0.717, 1.165) is 32.6 Å². The van der Waals surface area contributed by atoms with Crippen LogP contribution in [0.4, 0.5) is 0 Å². The molecule has 5 nitrogen and oxygen atoms in total. The molecule has 1 heterocycles. The van der Waals surface area contributed by atoms with Gasteiger partial charge >= 0.3 is 5.97 Å². The maximum absolute atomic E-state index is 11.7. The number of rotatable bonds is 6. The Hall–Kier alpha value is -0.650. The Kier molecular flexibility index (Phi) is 6.60. The molecule has 2 atom stereocenters. The Labute approximate surface area is 110 Å². The lowest BCUT2D eigenvalue weighted by Gasteiger charge is -2.38. The number of hydrogen-bond acceptors (Lipinski definition) is 5. The van der Waals surface area contributed by atoms with Gasteiger partial charge in [-0.3, -0.25) is 9.69 Å². The van der Waals surface area contributed by atoms with Crippen molar-refractivity contribution in [2.24, 2.45) is 0 Å². The van der Waals surface area contributed by atoms with E-state index < -0.39 is 0 Å². The minimum absolute atomic E-state index is 0.137. The van der Waals surface area contributed by atoms with Crippen LogP contribution in [0.1, 0.15) is 20.3 Å². The molecule has 1 saturated heterocycles. The first-order valence-electron chi connectivity index (χ1n) is 6.85. The molecule has 1 aliphatic rings. The van der Waals surface area contributed by atoms with Crippen molar-refractivity contribution in [1.82, 2.24) is 15.1 Å². The first-order valence-corrected chi connectivity index (χ1v) is 6.85. The molecule has 0 radical (unpaired) electrons. The fourth-order valence-corrected chi connectivity index (χ4v) is 2.43. The average molecular weight is 257 g/mol. The van der Waals surface area contributed by atoms with E-state index in [-0.39, 0.29) is 12.0 Å². The van der Waals surface area contributed by atoms with Crippen molar-refractivity contribution in [3.8, 4) is 0 Å². The number of nitrogens with one attached hydrogen (secondary N) is 1. The van der Waals surface area contributed by atoms with E-state index >= 15 is 0 Å². The quantitative estimate of drug-likeness (QED) is 0.687. The Morgan fingerprint density at radius 1 is 1.50 bits per heavy atom. The number of ether oxygens (including phenoxy) is 1. The van der Waals surface area contributed by atoms with Gasteiger partial charge in [0, 0.05) is 32.2 Å². The second-order valence-corrected chi connectivity index (χ2v) is 5.03. The summed E-state index contributed by atoms with van der Waals surface area (Å²) in [5, 5.41) is 3.04. The number of esters is 1. The molecule has 0 amide bonds. The van der Waals surface area contributed by atoms with Crippen LogP contribution >= 0.6 is 0 Å². The predicted octanol–water partition coefficient (Wildman–Crippen LogP) is 0.164. The molecule has 1 aliphatic heterocycles. The van der Waals surface area contributed by atoms with Crippen molar-refractivity contribution in [3.63, 3.8) is 0 Å². The Morgan fingerprint density at radius 3 is 2.78 bits per heavy atom. The Bertz CT molecular complexity index is 261. The maximum Gasteiger partial charge on any atom is 0.323 e. The molecule has 0 spiro atoms. The van der Waals surface area contributed by atoms with Gasteiger partial charge in [-0.05, 0) is 34.4 Å². The first-order chi connectivity index (χ1) is 8.58. The molecule has 1 N–H and O–H groups in total. The molecular formula is C13H27N3O2. The highest BCUT2D eigenvalue weighted by Crippen LogP contribution is 2.09. The lowest BCUT2D eigenvalue weighted by atomic mass is 10.1. The van der Waals surface area contributed by atoms with Crippen LogP contribution in [0.25, 0.3) is 0 Å². The number of nitrogens with zero attached hydrogens (tertiary/aromatic N) is 2. The maximum atomic E-state index is 11.7. The third-order valence-electron chi connectivity index (χ3n) is 3.59. The molecule has 1 fully saturated rings. The third-order valence-corrected chi connectivity index (χ3v) is 3.59. The van der Waals surface area contributed by atoms with Gasteiger partial charge < -0.3 is 15.0 Å². The summed E-state index contributed by atoms with van der Waals surface area (Å²) in [5.74, 6) is -0.137. The van der Waals surface area contributed by atoms with E-state index in [4.69, 9.17) is 4.74 Å². The van der Waals surface area contributed by atoms with Gasteiger partial charge in [-0.2, -0.15) is 0 Å². The number of hydrogen-bond donors (Lipinski definition) is 1. The van der Waals surface area contributed by atoms with E-state index in [2.05, 4.69) is 29.1 Å². The van der Waals surface area contributed by atoms with E-state index in [1.807, 2.05) is 14.0 Å². The molecule has 0 aliphatic carbocycles. The van der Waals surface area contributed by atoms with Crippen molar-refractivity contribution in [2.75, 3.05) is 46.9 Å². The summed E-state index contributed by atoms with van der Waals surface area (Å²) in [4.78, 5) is 16.5. The lowest BCUT2D eigenvalue weighted by Crippen LogP contribution is -2.51. The van der Waals surface area contributed by atoms with E-state index in [1.165, 1.54) is 0 Å². The Balaban J connectivity index is 2.36. The van der Waals surface area contributed by atoms with Crippen molar-refractivity contribution in [1.29, 1.82) is 0 Å². The van der Waals surface area contributed by atoms with Crippen LogP contribution < -0.4 is 5.32 Å². The summed E-state index contributed by atoms with van der Waals surface area (Å²) >= 11 is 0. The van der Waals surface area contributed by atoms with Gasteiger partial charge in [0.25, 0.3) is 0 Å². The zero-order valence-electron chi connectivity index (χ0n) is 12.1. The highest BCUT2D eigenvalue weighted by Gasteiger charge is 2.24. The molecular weight excluding hydrogens is 230 g/mol. The number of carbonyl (C=O) groups excluding carboxylic acids is 1. The highest BCUT2D eigenvalue weighted by molar-refractivity contribution is 5.75. The molecule has 2 unspecified atom stereocenters. The summed E-state index contributed by atoms with van der Waals surface area (Å²) in [6, 6.07) is 0.375. The second-order valence-electron chi connectivity index (χ2n) is 5.03. The van der Waals surface area contributed by atoms with Gasteiger partial charge in [0.2, 0.25) is 0 Å². The molecule has 1 rings (SSSR count). The largest absolute Gasteiger partial charge is 0.465 e. The van der Waals surface area contributed by atoms with E-state index in [9.17, 15) is 4.79 Å². The fourth-order valence-electron chi connectivity index (χ4n) is 2.43. The van der Waals surface area contributed by atoms with Crippen LogP contribution in [0.3, 0.4) is 0 Å². The van der Waals surface area contributed by atoms with Crippen LogP contribution in [-0.4, -0.2) is 74.7 Å². The minimum Gasteiger partial charge on any atom is -0.465 e. The van der Waals surface area contributed by atoms with E-state index in [0.29, 0.717) is 12.6 Å². The van der Waals surface area contributed by atoms with Gasteiger partial charge in [0.1, 0.15) is 6.04 Å². The van der Waals surface area contributed by atoms with Gasteiger partial charge in [0.15, 0.2) is 0 Å². The van der Waals surface area contributed by atoms with Gasteiger partial charge in [-0.25, -0.2) is 0 Å². The standard InChI is InChI=1S/C13H27N3O2/c1-5-18-13(17)12(14-3)6-7-16-9-8-15(4)10-11(16)2/h11-12,14H,5-10H2,1-4H3. The molecule has 106 valence electrons. The summed E-state index contributed by atoms with van der Waals surface area (Å²) in [7, 11) is 3.97. The fraction of sp³-hybridized carbons (Fsp3) is 0.923. The number of likely N-dealkylation sites (N-methyl/N-ethyl adjacent to an activating group) is 2. The topological polar surface area (TPSA) is 44.8 Å². The molecule has 0 aromatic heterocycles. The van der Waals surface area contributed by atoms with Gasteiger partial charge in [-0.15, -0.1) is 0 Å². The monoisotopic (exact) mass is 257 g/mol. The molecule has 0 aromatic rings. The zero-order valence-corrected chi connectivity index (χ0v) is 12.1. The molecule has 0 saturated carbocycles. The molecule has 0 aromatic carbocycles. The van der Waals surface area contributed by atoms with Crippen molar-refractivity contribution < 1.29 is 9.53 Å². The van der Waals surface area contributed by atoms with Crippen molar-refractivity contribution in [3.05, 3.63) is 0 Å². The third kappa shape index (κ3) is 4.55. The van der Waals surface area contributed by atoms with Crippen LogP contribution in [0, 0.1) is 0 Å². The van der Waals surface area contributed by atoms with Crippen LogP contribution in [0.15, 0.2) is 0 Å². The van der Waals surface area contributed by atoms with Gasteiger partial charge in [0.05, 0.1) is 6.61 Å². The van der Waals surface area contributed by atoms with Crippen LogP contribution in [0.2, 0.25) is 0 Å². The SMILES string of the molecule is CCOC(=O)C(CCN1CCN(C)CC1C)NC. The summed E-state index contributed by atoms with van der Waals surface area (Å²) in [6.07, 6.45) is 0.809. The normalized spacial score (nSPS) is 23.9. The molecule has 18 heavy (non-hydrogen) atoms. The number of carbonyl (C=O) groups is 1. The Morgan fingerprint density at radius 2 is 2.22 bits per heavy atom. The van der Waals surface area contributed by atoms with Crippen molar-refractivity contribution in [2.45, 2.75) is 32.4 Å². The first kappa shape index (κ1) is 15.4. The summed E-state index contributed by atoms with van der Waals surface area (Å²) in [6.45, 7) is 8.76. The molecule has 5 heteroatoms. The van der Waals surface area contributed by atoms with Gasteiger partial charge in [-0.1, -0.05) is 0 Å². The predicted molar refractivity (Wildman–Crippen MR) is 72.6 cm³/mol. The van der Waals surface area contributed by atoms with E-state index in [1.54, 1.807) is 0 Å². The summed E-state index contributed by atoms with van der Waals surface area (Å²) < 4.78 is 5.05. The lowest BCUT2D eigenvalue weighted by molar-refractivity contribution is -0.145. The minimum atomic E-state index is -0.184.